The van der Waals surface area contributed by atoms with Gasteiger partial charge in [-0.1, -0.05) is 91.0 Å². The van der Waals surface area contributed by atoms with Crippen molar-refractivity contribution in [2.45, 2.75) is 0 Å². The van der Waals surface area contributed by atoms with Crippen molar-refractivity contribution in [1.29, 1.82) is 0 Å². The highest BCUT2D eigenvalue weighted by Gasteiger charge is 2.17. The first-order valence-electron chi connectivity index (χ1n) is 15.3. The van der Waals surface area contributed by atoms with E-state index in [0.717, 1.165) is 60.6 Å². The molecule has 7 aromatic carbocycles. The second-order valence-corrected chi connectivity index (χ2v) is 11.6. The minimum absolute atomic E-state index is 0.599. The molecule has 0 aliphatic rings. The first-order valence-corrected chi connectivity index (χ1v) is 15.3. The van der Waals surface area contributed by atoms with Gasteiger partial charge in [-0.25, -0.2) is 15.0 Å². The molecule has 0 fully saturated rings. The van der Waals surface area contributed by atoms with Gasteiger partial charge >= 0.3 is 0 Å². The van der Waals surface area contributed by atoms with Gasteiger partial charge in [-0.2, -0.15) is 0 Å². The van der Waals surface area contributed by atoms with Crippen LogP contribution in [0.4, 0.5) is 0 Å². The third kappa shape index (κ3) is 3.79. The second-order valence-electron chi connectivity index (χ2n) is 11.6. The molecule has 3 aromatic heterocycles. The number of nitrogens with zero attached hydrogens (tertiary/aromatic N) is 3. The first kappa shape index (κ1) is 25.0. The van der Waals surface area contributed by atoms with Gasteiger partial charge in [0.2, 0.25) is 0 Å². The van der Waals surface area contributed by atoms with Crippen molar-refractivity contribution in [3.8, 4) is 34.2 Å². The molecule has 10 aromatic rings. The van der Waals surface area contributed by atoms with Crippen LogP contribution in [0.25, 0.3) is 99.6 Å². The largest absolute Gasteiger partial charge is 0.456 e. The zero-order chi connectivity index (χ0) is 30.2. The number of hydrogen-bond donors (Lipinski definition) is 0. The smallest absolute Gasteiger partial charge is 0.164 e. The molecule has 5 nitrogen and oxygen atoms in total. The van der Waals surface area contributed by atoms with Crippen LogP contribution < -0.4 is 0 Å². The number of fused-ring (bicyclic) bond motifs is 10. The molecule has 0 atom stereocenters. The molecule has 5 heteroatoms. The van der Waals surface area contributed by atoms with Gasteiger partial charge in [-0.15, -0.1) is 0 Å². The Morgan fingerprint density at radius 2 is 0.870 bits per heavy atom. The predicted octanol–water partition coefficient (Wildman–Crippen LogP) is 11.0. The molecular weight excluding hydrogens is 566 g/mol. The summed E-state index contributed by atoms with van der Waals surface area (Å²) >= 11 is 0. The summed E-state index contributed by atoms with van der Waals surface area (Å²) < 4.78 is 12.5. The fraction of sp³-hybridized carbons (Fsp3) is 0. The van der Waals surface area contributed by atoms with Crippen LogP contribution in [-0.2, 0) is 0 Å². The lowest BCUT2D eigenvalue weighted by Crippen LogP contribution is -2.00. The molecule has 0 aliphatic heterocycles. The quantitative estimate of drug-likeness (QED) is 0.192. The summed E-state index contributed by atoms with van der Waals surface area (Å²) in [6, 6.07) is 47.6. The molecular formula is C41H23N3O2. The molecule has 0 N–H and O–H groups in total. The van der Waals surface area contributed by atoms with Gasteiger partial charge in [0, 0.05) is 43.6 Å². The zero-order valence-corrected chi connectivity index (χ0v) is 24.4. The van der Waals surface area contributed by atoms with Crippen LogP contribution >= 0.6 is 0 Å². The van der Waals surface area contributed by atoms with Crippen LogP contribution in [0.1, 0.15) is 0 Å². The van der Waals surface area contributed by atoms with Crippen molar-refractivity contribution >= 4 is 65.4 Å². The Morgan fingerprint density at radius 3 is 1.67 bits per heavy atom. The van der Waals surface area contributed by atoms with E-state index < -0.39 is 0 Å². The minimum Gasteiger partial charge on any atom is -0.456 e. The topological polar surface area (TPSA) is 65.0 Å². The SMILES string of the molecule is c1ccc(-c2nc(-c3ccc4oc5ccccc5c4c3)nc(-c3ccc4oc5ccc6ccc7ccccc7c6c5c4c3)n2)cc1. The maximum Gasteiger partial charge on any atom is 0.164 e. The third-order valence-electron chi connectivity index (χ3n) is 8.90. The summed E-state index contributed by atoms with van der Waals surface area (Å²) in [4.78, 5) is 15.1. The van der Waals surface area contributed by atoms with Gasteiger partial charge in [0.05, 0.1) is 0 Å². The maximum atomic E-state index is 6.39. The Balaban J connectivity index is 1.22. The standard InChI is InChI=1S/C41H23N3O2/c1-2-9-26(10-3-1)39-42-40(27-17-19-34-31(22-27)30-12-6-7-13-33(30)45-34)44-41(43-39)28-18-20-35-32(23-28)38-36(46-35)21-16-25-15-14-24-8-4-5-11-29(24)37(25)38/h1-23H. The summed E-state index contributed by atoms with van der Waals surface area (Å²) in [6.07, 6.45) is 0. The number of rotatable bonds is 3. The van der Waals surface area contributed by atoms with Crippen molar-refractivity contribution in [3.05, 3.63) is 140 Å². The van der Waals surface area contributed by atoms with Gasteiger partial charge < -0.3 is 8.83 Å². The highest BCUT2D eigenvalue weighted by molar-refractivity contribution is 6.26. The molecule has 3 heterocycles. The van der Waals surface area contributed by atoms with Crippen LogP contribution in [0.15, 0.2) is 148 Å². The zero-order valence-electron chi connectivity index (χ0n) is 24.4. The molecule has 0 saturated carbocycles. The van der Waals surface area contributed by atoms with E-state index in [0.29, 0.717) is 17.5 Å². The second kappa shape index (κ2) is 9.58. The van der Waals surface area contributed by atoms with Crippen LogP contribution in [0, 0.1) is 0 Å². The number of para-hydroxylation sites is 1. The van der Waals surface area contributed by atoms with E-state index in [4.69, 9.17) is 23.8 Å². The Morgan fingerprint density at radius 1 is 0.326 bits per heavy atom. The van der Waals surface area contributed by atoms with Crippen LogP contribution in [0.2, 0.25) is 0 Å². The molecule has 0 unspecified atom stereocenters. The molecule has 0 amide bonds. The van der Waals surface area contributed by atoms with Gasteiger partial charge in [-0.05, 0) is 64.7 Å². The predicted molar refractivity (Wildman–Crippen MR) is 186 cm³/mol. The van der Waals surface area contributed by atoms with E-state index >= 15 is 0 Å². The highest BCUT2D eigenvalue weighted by Crippen LogP contribution is 2.40. The van der Waals surface area contributed by atoms with Crippen molar-refractivity contribution in [1.82, 2.24) is 15.0 Å². The number of hydrogen-bond acceptors (Lipinski definition) is 5. The molecule has 0 radical (unpaired) electrons. The van der Waals surface area contributed by atoms with E-state index in [2.05, 4.69) is 66.7 Å². The highest BCUT2D eigenvalue weighted by atomic mass is 16.3. The van der Waals surface area contributed by atoms with Crippen LogP contribution in [-0.4, -0.2) is 15.0 Å². The minimum atomic E-state index is 0.599. The lowest BCUT2D eigenvalue weighted by molar-refractivity contribution is 0.668. The van der Waals surface area contributed by atoms with Gasteiger partial charge in [0.1, 0.15) is 22.3 Å². The van der Waals surface area contributed by atoms with Crippen molar-refractivity contribution in [2.75, 3.05) is 0 Å². The number of aromatic nitrogens is 3. The average molecular weight is 590 g/mol. The molecule has 10 rings (SSSR count). The summed E-state index contributed by atoms with van der Waals surface area (Å²) in [6.45, 7) is 0. The van der Waals surface area contributed by atoms with Crippen molar-refractivity contribution in [3.63, 3.8) is 0 Å². The Bertz CT molecular complexity index is 2810. The Kier molecular flexibility index (Phi) is 5.22. The summed E-state index contributed by atoms with van der Waals surface area (Å²) in [5.41, 5.74) is 6.09. The summed E-state index contributed by atoms with van der Waals surface area (Å²) in [5, 5.41) is 8.99. The fourth-order valence-electron chi connectivity index (χ4n) is 6.72. The fourth-order valence-corrected chi connectivity index (χ4v) is 6.72. The third-order valence-corrected chi connectivity index (χ3v) is 8.90. The first-order chi connectivity index (χ1) is 22.8. The monoisotopic (exact) mass is 589 g/mol. The van der Waals surface area contributed by atoms with Crippen LogP contribution in [0.5, 0.6) is 0 Å². The van der Waals surface area contributed by atoms with Gasteiger partial charge in [0.15, 0.2) is 17.5 Å². The summed E-state index contributed by atoms with van der Waals surface area (Å²) in [7, 11) is 0. The average Bonchev–Trinajstić information content (AvgIpc) is 3.69. The lowest BCUT2D eigenvalue weighted by atomic mass is 9.97. The van der Waals surface area contributed by atoms with Gasteiger partial charge in [0.25, 0.3) is 0 Å². The molecule has 0 bridgehead atoms. The Hall–Kier alpha value is -6.33. The molecule has 0 spiro atoms. The number of benzene rings is 7. The van der Waals surface area contributed by atoms with E-state index in [-0.39, 0.29) is 0 Å². The van der Waals surface area contributed by atoms with E-state index in [1.54, 1.807) is 0 Å². The maximum absolute atomic E-state index is 6.39. The van der Waals surface area contributed by atoms with E-state index in [1.165, 1.54) is 21.5 Å². The molecule has 0 saturated heterocycles. The molecule has 46 heavy (non-hydrogen) atoms. The summed E-state index contributed by atoms with van der Waals surface area (Å²) in [5.74, 6) is 1.82. The number of furan rings is 2. The van der Waals surface area contributed by atoms with E-state index in [9.17, 15) is 0 Å². The van der Waals surface area contributed by atoms with Crippen molar-refractivity contribution in [2.24, 2.45) is 0 Å². The lowest BCUT2D eigenvalue weighted by Gasteiger charge is -2.09. The van der Waals surface area contributed by atoms with Crippen molar-refractivity contribution < 1.29 is 8.83 Å². The normalized spacial score (nSPS) is 11.9. The Labute approximate surface area is 262 Å². The van der Waals surface area contributed by atoms with E-state index in [1.807, 2.05) is 72.8 Å². The van der Waals surface area contributed by atoms with Crippen LogP contribution in [0.3, 0.4) is 0 Å². The molecule has 214 valence electrons. The molecule has 0 aliphatic carbocycles. The van der Waals surface area contributed by atoms with Gasteiger partial charge in [-0.3, -0.25) is 0 Å².